The van der Waals surface area contributed by atoms with Crippen LogP contribution >= 0.6 is 0 Å². The highest BCUT2D eigenvalue weighted by Crippen LogP contribution is 2.55. The summed E-state index contributed by atoms with van der Waals surface area (Å²) in [5, 5.41) is 10.8. The van der Waals surface area contributed by atoms with Crippen LogP contribution in [0.1, 0.15) is 64.1 Å². The van der Waals surface area contributed by atoms with Gasteiger partial charge in [0.1, 0.15) is 6.04 Å². The Morgan fingerprint density at radius 2 is 1.63 bits per heavy atom. The lowest BCUT2D eigenvalue weighted by Gasteiger charge is -2.56. The predicted octanol–water partition coefficient (Wildman–Crippen LogP) is 3.14. The number of aromatic nitrogens is 2. The van der Waals surface area contributed by atoms with Crippen molar-refractivity contribution < 1.29 is 19.1 Å². The topological polar surface area (TPSA) is 109 Å². The van der Waals surface area contributed by atoms with Gasteiger partial charge in [-0.05, 0) is 77.0 Å². The molecule has 1 unspecified atom stereocenters. The Bertz CT molecular complexity index is 947. The van der Waals surface area contributed by atoms with E-state index < -0.39 is 6.04 Å². The van der Waals surface area contributed by atoms with Gasteiger partial charge in [0.15, 0.2) is 0 Å². The van der Waals surface area contributed by atoms with Crippen LogP contribution in [0.25, 0.3) is 0 Å². The minimum atomic E-state index is -0.510. The van der Waals surface area contributed by atoms with Crippen molar-refractivity contribution in [3.63, 3.8) is 0 Å². The van der Waals surface area contributed by atoms with Crippen molar-refractivity contribution in [2.24, 2.45) is 17.8 Å². The van der Waals surface area contributed by atoms with Gasteiger partial charge in [-0.15, -0.1) is 0 Å². The van der Waals surface area contributed by atoms with Gasteiger partial charge in [0.25, 0.3) is 0 Å². The summed E-state index contributed by atoms with van der Waals surface area (Å²) in [5.74, 6) is 2.23. The molecule has 1 aliphatic heterocycles. The molecule has 4 saturated carbocycles. The van der Waals surface area contributed by atoms with Gasteiger partial charge in [-0.25, -0.2) is 9.59 Å². The number of nitrogens with one attached hydrogen (secondary N) is 2. The molecule has 0 aromatic carbocycles. The van der Waals surface area contributed by atoms with E-state index in [4.69, 9.17) is 4.74 Å². The molecule has 4 aliphatic carbocycles. The van der Waals surface area contributed by atoms with E-state index >= 15 is 0 Å². The summed E-state index contributed by atoms with van der Waals surface area (Å²) in [6.07, 6.45) is 8.69. The molecule has 5 fully saturated rings. The number of urea groups is 1. The molecule has 10 heteroatoms. The Morgan fingerprint density at radius 1 is 1.06 bits per heavy atom. The molecule has 1 aromatic rings. The number of anilines is 1. The fourth-order valence-corrected chi connectivity index (χ4v) is 7.16. The molecule has 192 valence electrons. The fraction of sp³-hybridized carbons (Fsp3) is 0.760. The molecule has 1 aromatic heterocycles. The smallest absolute Gasteiger partial charge is 0.409 e. The van der Waals surface area contributed by atoms with Crippen LogP contribution in [0.2, 0.25) is 0 Å². The lowest BCUT2D eigenvalue weighted by Crippen LogP contribution is -2.60. The zero-order chi connectivity index (χ0) is 24.7. The molecule has 4 amide bonds. The maximum absolute atomic E-state index is 13.1. The Hall–Kier alpha value is -2.78. The molecule has 4 bridgehead atoms. The van der Waals surface area contributed by atoms with Crippen LogP contribution in [-0.4, -0.2) is 75.9 Å². The summed E-state index contributed by atoms with van der Waals surface area (Å²) in [4.78, 5) is 41.3. The first kappa shape index (κ1) is 23.9. The highest BCUT2D eigenvalue weighted by molar-refractivity contribution is 5.90. The van der Waals surface area contributed by atoms with Crippen LogP contribution in [-0.2, 0) is 9.53 Å². The third-order valence-corrected chi connectivity index (χ3v) is 8.45. The predicted molar refractivity (Wildman–Crippen MR) is 130 cm³/mol. The average Bonchev–Trinajstić information content (AvgIpc) is 3.17. The van der Waals surface area contributed by atoms with Crippen molar-refractivity contribution >= 4 is 23.7 Å². The average molecular weight is 487 g/mol. The molecule has 1 atom stereocenters. The Kier molecular flexibility index (Phi) is 6.40. The second kappa shape index (κ2) is 9.35. The number of aryl methyl sites for hydroxylation is 1. The third kappa shape index (κ3) is 4.84. The second-order valence-corrected chi connectivity index (χ2v) is 11.1. The van der Waals surface area contributed by atoms with E-state index in [-0.39, 0.29) is 23.6 Å². The molecule has 0 spiro atoms. The SMILES string of the molecule is CCOC(=O)N1CCN(C(=O)C(C)n2cc(NC(=O)NC34CC5CC(CC(C5)C3)C4)c(C)n2)CC1. The van der Waals surface area contributed by atoms with Crippen molar-refractivity contribution in [2.75, 3.05) is 38.1 Å². The van der Waals surface area contributed by atoms with E-state index in [1.165, 1.54) is 19.3 Å². The quantitative estimate of drug-likeness (QED) is 0.665. The number of amides is 4. The van der Waals surface area contributed by atoms with Crippen LogP contribution in [0.3, 0.4) is 0 Å². The van der Waals surface area contributed by atoms with E-state index in [0.29, 0.717) is 44.2 Å². The molecule has 2 N–H and O–H groups in total. The summed E-state index contributed by atoms with van der Waals surface area (Å²) >= 11 is 0. The molecular formula is C25H38N6O4. The Morgan fingerprint density at radius 3 is 2.20 bits per heavy atom. The number of hydrogen-bond acceptors (Lipinski definition) is 5. The van der Waals surface area contributed by atoms with Gasteiger partial charge in [0.2, 0.25) is 5.91 Å². The van der Waals surface area contributed by atoms with Gasteiger partial charge in [-0.2, -0.15) is 5.10 Å². The number of hydrogen-bond donors (Lipinski definition) is 2. The fourth-order valence-electron chi connectivity index (χ4n) is 7.16. The summed E-state index contributed by atoms with van der Waals surface area (Å²) in [6, 6.07) is -0.687. The van der Waals surface area contributed by atoms with Gasteiger partial charge < -0.3 is 25.2 Å². The number of carbonyl (C=O) groups excluding carboxylic acids is 3. The maximum Gasteiger partial charge on any atom is 0.409 e. The molecule has 10 nitrogen and oxygen atoms in total. The van der Waals surface area contributed by atoms with Crippen molar-refractivity contribution in [1.29, 1.82) is 0 Å². The largest absolute Gasteiger partial charge is 0.450 e. The summed E-state index contributed by atoms with van der Waals surface area (Å²) in [6.45, 7) is 7.59. The Balaban J connectivity index is 1.17. The standard InChI is InChI=1S/C25H38N6O4/c1-4-35-24(34)30-7-5-29(6-8-30)22(32)17(3)31-15-21(16(2)28-31)26-23(33)27-25-12-18-9-19(13-25)11-20(10-18)14-25/h15,17-20H,4-14H2,1-3H3,(H2,26,27,33). The van der Waals surface area contributed by atoms with Crippen LogP contribution in [0.15, 0.2) is 6.20 Å². The molecule has 1 saturated heterocycles. The van der Waals surface area contributed by atoms with Crippen molar-refractivity contribution in [2.45, 2.75) is 70.9 Å². The molecule has 35 heavy (non-hydrogen) atoms. The highest BCUT2D eigenvalue weighted by atomic mass is 16.6. The number of carbonyl (C=O) groups is 3. The van der Waals surface area contributed by atoms with Crippen molar-refractivity contribution in [3.8, 4) is 0 Å². The minimum absolute atomic E-state index is 0.0550. The van der Waals surface area contributed by atoms with Gasteiger partial charge in [-0.1, -0.05) is 0 Å². The second-order valence-electron chi connectivity index (χ2n) is 11.1. The van der Waals surface area contributed by atoms with Crippen LogP contribution in [0.4, 0.5) is 15.3 Å². The van der Waals surface area contributed by atoms with E-state index in [2.05, 4.69) is 15.7 Å². The molecule has 0 radical (unpaired) electrons. The van der Waals surface area contributed by atoms with E-state index in [1.807, 2.05) is 13.8 Å². The van der Waals surface area contributed by atoms with E-state index in [9.17, 15) is 14.4 Å². The number of ether oxygens (including phenoxy) is 1. The summed E-state index contributed by atoms with van der Waals surface area (Å²) < 4.78 is 6.67. The van der Waals surface area contributed by atoms with E-state index in [1.54, 1.807) is 27.6 Å². The molecular weight excluding hydrogens is 448 g/mol. The lowest BCUT2D eigenvalue weighted by atomic mass is 9.53. The minimum Gasteiger partial charge on any atom is -0.450 e. The molecule has 2 heterocycles. The molecule has 6 rings (SSSR count). The van der Waals surface area contributed by atoms with Crippen LogP contribution in [0, 0.1) is 24.7 Å². The number of rotatable bonds is 5. The monoisotopic (exact) mass is 486 g/mol. The normalized spacial score (nSPS) is 30.2. The zero-order valence-corrected chi connectivity index (χ0v) is 21.1. The van der Waals surface area contributed by atoms with E-state index in [0.717, 1.165) is 37.0 Å². The number of nitrogens with zero attached hydrogens (tertiary/aromatic N) is 4. The third-order valence-electron chi connectivity index (χ3n) is 8.45. The van der Waals surface area contributed by atoms with Gasteiger partial charge in [0.05, 0.1) is 18.0 Å². The first-order valence-electron chi connectivity index (χ1n) is 13.1. The van der Waals surface area contributed by atoms with Gasteiger partial charge in [0, 0.05) is 37.9 Å². The van der Waals surface area contributed by atoms with Crippen LogP contribution in [0.5, 0.6) is 0 Å². The van der Waals surface area contributed by atoms with Crippen LogP contribution < -0.4 is 10.6 Å². The number of piperazine rings is 1. The Labute approximate surface area is 206 Å². The highest BCUT2D eigenvalue weighted by Gasteiger charge is 2.51. The zero-order valence-electron chi connectivity index (χ0n) is 21.1. The summed E-state index contributed by atoms with van der Waals surface area (Å²) in [5.41, 5.74) is 1.24. The van der Waals surface area contributed by atoms with Gasteiger partial charge in [-0.3, -0.25) is 9.48 Å². The van der Waals surface area contributed by atoms with Crippen molar-refractivity contribution in [3.05, 3.63) is 11.9 Å². The van der Waals surface area contributed by atoms with Gasteiger partial charge >= 0.3 is 12.1 Å². The first-order valence-corrected chi connectivity index (χ1v) is 13.1. The maximum atomic E-state index is 13.1. The molecule has 5 aliphatic rings. The summed E-state index contributed by atoms with van der Waals surface area (Å²) in [7, 11) is 0. The first-order chi connectivity index (χ1) is 16.7. The van der Waals surface area contributed by atoms with Crippen molar-refractivity contribution in [1.82, 2.24) is 24.9 Å². The lowest BCUT2D eigenvalue weighted by molar-refractivity contribution is -0.136.